The number of benzene rings is 1. The molecule has 0 spiro atoms. The molecule has 0 aliphatic heterocycles. The number of halogens is 3. The van der Waals surface area contributed by atoms with Crippen LogP contribution in [-0.4, -0.2) is 34.2 Å². The van der Waals surface area contributed by atoms with E-state index in [1.54, 1.807) is 6.92 Å². The lowest BCUT2D eigenvalue weighted by Gasteiger charge is -2.09. The molecule has 0 aromatic heterocycles. The zero-order chi connectivity index (χ0) is 16.0. The van der Waals surface area contributed by atoms with Crippen molar-refractivity contribution < 1.29 is 31.5 Å². The number of alkyl halides is 2. The summed E-state index contributed by atoms with van der Waals surface area (Å²) in [6, 6.07) is 2.96. The first-order valence-corrected chi connectivity index (χ1v) is 7.52. The number of rotatable bonds is 7. The van der Waals surface area contributed by atoms with Gasteiger partial charge in [-0.3, -0.25) is 4.79 Å². The zero-order valence-electron chi connectivity index (χ0n) is 10.8. The molecule has 0 heterocycles. The Morgan fingerprint density at radius 1 is 1.43 bits per heavy atom. The van der Waals surface area contributed by atoms with Gasteiger partial charge in [0, 0.05) is 0 Å². The molecule has 6 nitrogen and oxygen atoms in total. The summed E-state index contributed by atoms with van der Waals surface area (Å²) >= 11 is 5.65. The van der Waals surface area contributed by atoms with Crippen LogP contribution >= 0.6 is 11.6 Å². The molecule has 21 heavy (non-hydrogen) atoms. The fourth-order valence-corrected chi connectivity index (χ4v) is 2.57. The Morgan fingerprint density at radius 3 is 2.62 bits per heavy atom. The Balaban J connectivity index is 2.84. The molecule has 0 aliphatic carbocycles. The summed E-state index contributed by atoms with van der Waals surface area (Å²) in [6.45, 7) is -1.94. The van der Waals surface area contributed by atoms with Gasteiger partial charge < -0.3 is 9.47 Å². The SMILES string of the molecule is CCOC(=O)CNS(=O)(=O)c1ccc(OC(F)F)c(Cl)c1. The van der Waals surface area contributed by atoms with Crippen LogP contribution in [0.25, 0.3) is 0 Å². The molecule has 0 saturated carbocycles. The predicted molar refractivity (Wildman–Crippen MR) is 69.9 cm³/mol. The number of ether oxygens (including phenoxy) is 2. The van der Waals surface area contributed by atoms with E-state index in [1.807, 2.05) is 4.72 Å². The van der Waals surface area contributed by atoms with Crippen molar-refractivity contribution in [1.29, 1.82) is 0 Å². The Kier molecular flexibility index (Phi) is 6.31. The minimum absolute atomic E-state index is 0.117. The van der Waals surface area contributed by atoms with Gasteiger partial charge in [0.05, 0.1) is 16.5 Å². The Morgan fingerprint density at radius 2 is 2.10 bits per heavy atom. The number of sulfonamides is 1. The van der Waals surface area contributed by atoms with Crippen molar-refractivity contribution in [1.82, 2.24) is 4.72 Å². The first kappa shape index (κ1) is 17.6. The van der Waals surface area contributed by atoms with E-state index in [-0.39, 0.29) is 22.3 Å². The van der Waals surface area contributed by atoms with E-state index in [9.17, 15) is 22.0 Å². The van der Waals surface area contributed by atoms with Crippen LogP contribution in [0.1, 0.15) is 6.92 Å². The topological polar surface area (TPSA) is 81.7 Å². The third-order valence-corrected chi connectivity index (χ3v) is 3.84. The van der Waals surface area contributed by atoms with Crippen molar-refractivity contribution in [3.63, 3.8) is 0 Å². The van der Waals surface area contributed by atoms with Crippen molar-refractivity contribution in [2.45, 2.75) is 18.4 Å². The number of hydrogen-bond donors (Lipinski definition) is 1. The molecular formula is C11H12ClF2NO5S. The van der Waals surface area contributed by atoms with Crippen LogP contribution < -0.4 is 9.46 Å². The molecule has 118 valence electrons. The van der Waals surface area contributed by atoms with Gasteiger partial charge in [0.15, 0.2) is 0 Å². The Labute approximate surface area is 125 Å². The van der Waals surface area contributed by atoms with Gasteiger partial charge in [0.1, 0.15) is 12.3 Å². The molecule has 0 amide bonds. The van der Waals surface area contributed by atoms with Gasteiger partial charge in [-0.1, -0.05) is 11.6 Å². The highest BCUT2D eigenvalue weighted by Crippen LogP contribution is 2.28. The van der Waals surface area contributed by atoms with E-state index >= 15 is 0 Å². The maximum atomic E-state index is 12.1. The Bertz CT molecular complexity index is 609. The molecule has 0 radical (unpaired) electrons. The van der Waals surface area contributed by atoms with E-state index in [0.717, 1.165) is 18.2 Å². The fourth-order valence-electron chi connectivity index (χ4n) is 1.29. The van der Waals surface area contributed by atoms with Gasteiger partial charge in [-0.05, 0) is 25.1 Å². The first-order chi connectivity index (χ1) is 9.76. The lowest BCUT2D eigenvalue weighted by molar-refractivity contribution is -0.141. The molecule has 0 bridgehead atoms. The van der Waals surface area contributed by atoms with E-state index in [0.29, 0.717) is 0 Å². The van der Waals surface area contributed by atoms with Gasteiger partial charge in [-0.15, -0.1) is 0 Å². The van der Waals surface area contributed by atoms with Crippen molar-refractivity contribution in [2.24, 2.45) is 0 Å². The molecule has 0 saturated heterocycles. The van der Waals surface area contributed by atoms with Crippen molar-refractivity contribution in [3.05, 3.63) is 23.2 Å². The standard InChI is InChI=1S/C11H12ClF2NO5S/c1-2-19-10(16)6-15-21(17,18)7-3-4-9(8(12)5-7)20-11(13)14/h3-5,11,15H,2,6H2,1H3. The quantitative estimate of drug-likeness (QED) is 0.763. The molecule has 0 atom stereocenters. The van der Waals surface area contributed by atoms with Gasteiger partial charge in [0.25, 0.3) is 0 Å². The van der Waals surface area contributed by atoms with Crippen LogP contribution in [0, 0.1) is 0 Å². The summed E-state index contributed by atoms with van der Waals surface area (Å²) in [5, 5.41) is -0.297. The van der Waals surface area contributed by atoms with E-state index in [1.165, 1.54) is 0 Å². The number of carbonyl (C=O) groups excluding carboxylic acids is 1. The summed E-state index contributed by atoms with van der Waals surface area (Å²) in [5.74, 6) is -1.10. The summed E-state index contributed by atoms with van der Waals surface area (Å²) in [6.07, 6.45) is 0. The molecular weight excluding hydrogens is 332 g/mol. The molecule has 10 heteroatoms. The van der Waals surface area contributed by atoms with Crippen LogP contribution in [-0.2, 0) is 19.6 Å². The fraction of sp³-hybridized carbons (Fsp3) is 0.364. The largest absolute Gasteiger partial charge is 0.465 e. The molecule has 1 rings (SSSR count). The second-order valence-electron chi connectivity index (χ2n) is 3.60. The molecule has 1 aromatic carbocycles. The predicted octanol–water partition coefficient (Wildman–Crippen LogP) is 1.78. The smallest absolute Gasteiger partial charge is 0.387 e. The normalized spacial score (nSPS) is 11.5. The van der Waals surface area contributed by atoms with Gasteiger partial charge >= 0.3 is 12.6 Å². The molecule has 0 aliphatic rings. The molecule has 0 unspecified atom stereocenters. The van der Waals surface area contributed by atoms with E-state index in [2.05, 4.69) is 9.47 Å². The molecule has 0 fully saturated rings. The highest BCUT2D eigenvalue weighted by atomic mass is 35.5. The summed E-state index contributed by atoms with van der Waals surface area (Å²) in [7, 11) is -4.02. The second kappa shape index (κ2) is 7.53. The minimum Gasteiger partial charge on any atom is -0.465 e. The van der Waals surface area contributed by atoms with E-state index < -0.39 is 29.1 Å². The molecule has 1 aromatic rings. The lowest BCUT2D eigenvalue weighted by atomic mass is 10.3. The van der Waals surface area contributed by atoms with Crippen molar-refractivity contribution >= 4 is 27.6 Å². The van der Waals surface area contributed by atoms with Crippen molar-refractivity contribution in [3.8, 4) is 5.75 Å². The third kappa shape index (κ3) is 5.44. The minimum atomic E-state index is -4.02. The van der Waals surface area contributed by atoms with Gasteiger partial charge in [-0.25, -0.2) is 8.42 Å². The maximum absolute atomic E-state index is 12.1. The summed E-state index contributed by atoms with van der Waals surface area (Å²) in [4.78, 5) is 10.8. The monoisotopic (exact) mass is 343 g/mol. The van der Waals surface area contributed by atoms with Crippen LogP contribution in [0.15, 0.2) is 23.1 Å². The molecule has 1 N–H and O–H groups in total. The van der Waals surface area contributed by atoms with Crippen LogP contribution in [0.5, 0.6) is 5.75 Å². The van der Waals surface area contributed by atoms with Crippen LogP contribution in [0.3, 0.4) is 0 Å². The number of esters is 1. The maximum Gasteiger partial charge on any atom is 0.387 e. The van der Waals surface area contributed by atoms with Gasteiger partial charge in [0.2, 0.25) is 10.0 Å². The average Bonchev–Trinajstić information content (AvgIpc) is 2.39. The van der Waals surface area contributed by atoms with Crippen molar-refractivity contribution in [2.75, 3.05) is 13.2 Å². The summed E-state index contributed by atoms with van der Waals surface area (Å²) < 4.78 is 58.5. The number of hydrogen-bond acceptors (Lipinski definition) is 5. The lowest BCUT2D eigenvalue weighted by Crippen LogP contribution is -2.30. The number of carbonyl (C=O) groups is 1. The van der Waals surface area contributed by atoms with Crippen LogP contribution in [0.2, 0.25) is 5.02 Å². The average molecular weight is 344 g/mol. The van der Waals surface area contributed by atoms with Crippen LogP contribution in [0.4, 0.5) is 8.78 Å². The zero-order valence-corrected chi connectivity index (χ0v) is 12.4. The first-order valence-electron chi connectivity index (χ1n) is 5.66. The highest BCUT2D eigenvalue weighted by molar-refractivity contribution is 7.89. The highest BCUT2D eigenvalue weighted by Gasteiger charge is 2.18. The van der Waals surface area contributed by atoms with E-state index in [4.69, 9.17) is 11.6 Å². The summed E-state index contributed by atoms with van der Waals surface area (Å²) in [5.41, 5.74) is 0. The second-order valence-corrected chi connectivity index (χ2v) is 5.77. The van der Waals surface area contributed by atoms with Gasteiger partial charge in [-0.2, -0.15) is 13.5 Å². The third-order valence-electron chi connectivity index (χ3n) is 2.14. The Hall–Kier alpha value is -1.45. The number of nitrogens with one attached hydrogen (secondary N) is 1.